The number of nitrogens with zero attached hydrogens (tertiary/aromatic N) is 2. The standard InChI is InChI=1S/C16H19F2N3O5S/c1-9(22)19-6-11-7-20(15(23)26-11)10-4-12(17)14(13(18)5-10)21-2-3-27-8-16(21,24)25/h4-5,11,24-25H,2-3,6-8H2,1H3,(H,19,22)/t11-/m0/s1. The average molecular weight is 403 g/mol. The summed E-state index contributed by atoms with van der Waals surface area (Å²) in [6.45, 7) is 1.47. The van der Waals surface area contributed by atoms with Gasteiger partial charge in [-0.1, -0.05) is 0 Å². The van der Waals surface area contributed by atoms with Crippen LogP contribution in [0.2, 0.25) is 0 Å². The van der Waals surface area contributed by atoms with E-state index >= 15 is 0 Å². The highest BCUT2D eigenvalue weighted by molar-refractivity contribution is 7.99. The number of benzene rings is 1. The molecule has 2 amide bonds. The zero-order chi connectivity index (χ0) is 19.8. The zero-order valence-electron chi connectivity index (χ0n) is 14.4. The fourth-order valence-electron chi connectivity index (χ4n) is 2.97. The number of rotatable bonds is 4. The van der Waals surface area contributed by atoms with Gasteiger partial charge >= 0.3 is 6.09 Å². The van der Waals surface area contributed by atoms with Gasteiger partial charge in [-0.3, -0.25) is 9.69 Å². The first-order valence-corrected chi connectivity index (χ1v) is 9.36. The van der Waals surface area contributed by atoms with E-state index in [1.54, 1.807) is 0 Å². The molecule has 0 saturated carbocycles. The lowest BCUT2D eigenvalue weighted by molar-refractivity contribution is -0.141. The number of hydrogen-bond acceptors (Lipinski definition) is 7. The van der Waals surface area contributed by atoms with Crippen molar-refractivity contribution in [2.24, 2.45) is 0 Å². The van der Waals surface area contributed by atoms with Crippen molar-refractivity contribution in [3.8, 4) is 0 Å². The number of anilines is 2. The molecule has 27 heavy (non-hydrogen) atoms. The first-order valence-electron chi connectivity index (χ1n) is 8.21. The summed E-state index contributed by atoms with van der Waals surface area (Å²) >= 11 is 1.26. The molecule has 1 atom stereocenters. The second kappa shape index (κ2) is 7.49. The molecular formula is C16H19F2N3O5S. The lowest BCUT2D eigenvalue weighted by atomic mass is 10.2. The third kappa shape index (κ3) is 4.09. The molecule has 1 aromatic carbocycles. The van der Waals surface area contributed by atoms with Crippen LogP contribution in [0.3, 0.4) is 0 Å². The Morgan fingerprint density at radius 2 is 2.07 bits per heavy atom. The quantitative estimate of drug-likeness (QED) is 0.634. The number of aliphatic hydroxyl groups is 2. The molecule has 0 aliphatic carbocycles. The van der Waals surface area contributed by atoms with Gasteiger partial charge in [0, 0.05) is 31.4 Å². The Bertz CT molecular complexity index is 741. The topological polar surface area (TPSA) is 102 Å². The summed E-state index contributed by atoms with van der Waals surface area (Å²) in [6, 6.07) is 1.89. The monoisotopic (exact) mass is 403 g/mol. The Hall–Kier alpha value is -2.11. The molecule has 2 saturated heterocycles. The maximum absolute atomic E-state index is 14.6. The highest BCUT2D eigenvalue weighted by atomic mass is 32.2. The molecule has 0 radical (unpaired) electrons. The van der Waals surface area contributed by atoms with Crippen LogP contribution in [0.4, 0.5) is 25.0 Å². The van der Waals surface area contributed by atoms with Crippen LogP contribution < -0.4 is 15.1 Å². The van der Waals surface area contributed by atoms with Gasteiger partial charge in [-0.15, -0.1) is 0 Å². The van der Waals surface area contributed by atoms with E-state index in [4.69, 9.17) is 4.74 Å². The third-order valence-corrected chi connectivity index (χ3v) is 5.29. The SMILES string of the molecule is CC(=O)NC[C@H]1CN(c2cc(F)c(N3CCSCC3(O)O)c(F)c2)C(=O)O1. The van der Waals surface area contributed by atoms with Gasteiger partial charge in [0.05, 0.1) is 24.5 Å². The van der Waals surface area contributed by atoms with Crippen LogP contribution in [0.5, 0.6) is 0 Å². The molecule has 3 N–H and O–H groups in total. The number of cyclic esters (lactones) is 1. The molecule has 148 valence electrons. The summed E-state index contributed by atoms with van der Waals surface area (Å²) in [6.07, 6.45) is -1.43. The van der Waals surface area contributed by atoms with E-state index in [1.807, 2.05) is 0 Å². The van der Waals surface area contributed by atoms with Gasteiger partial charge in [0.1, 0.15) is 11.8 Å². The lowest BCUT2D eigenvalue weighted by Crippen LogP contribution is -2.55. The maximum atomic E-state index is 14.6. The van der Waals surface area contributed by atoms with Crippen LogP contribution in [0.25, 0.3) is 0 Å². The van der Waals surface area contributed by atoms with E-state index in [1.165, 1.54) is 18.7 Å². The molecule has 2 aliphatic heterocycles. The van der Waals surface area contributed by atoms with Crippen molar-refractivity contribution in [3.63, 3.8) is 0 Å². The molecule has 8 nitrogen and oxygen atoms in total. The molecule has 3 rings (SSSR count). The Morgan fingerprint density at radius 3 is 2.67 bits per heavy atom. The second-order valence-electron chi connectivity index (χ2n) is 6.29. The van der Waals surface area contributed by atoms with E-state index in [0.717, 1.165) is 21.9 Å². The minimum Gasteiger partial charge on any atom is -0.442 e. The molecule has 1 aromatic rings. The van der Waals surface area contributed by atoms with Gasteiger partial charge in [0.15, 0.2) is 11.6 Å². The Balaban J connectivity index is 1.83. The molecule has 0 aromatic heterocycles. The molecule has 0 bridgehead atoms. The summed E-state index contributed by atoms with van der Waals surface area (Å²) in [4.78, 5) is 24.9. The van der Waals surface area contributed by atoms with Crippen molar-refractivity contribution in [1.29, 1.82) is 0 Å². The van der Waals surface area contributed by atoms with Crippen LogP contribution in [0.1, 0.15) is 6.92 Å². The van der Waals surface area contributed by atoms with Gasteiger partial charge in [0.25, 0.3) is 5.91 Å². The number of halogens is 2. The minimum absolute atomic E-state index is 0.0155. The Kier molecular flexibility index (Phi) is 5.45. The third-order valence-electron chi connectivity index (χ3n) is 4.22. The smallest absolute Gasteiger partial charge is 0.414 e. The van der Waals surface area contributed by atoms with Gasteiger partial charge in [0.2, 0.25) is 5.91 Å². The van der Waals surface area contributed by atoms with Crippen molar-refractivity contribution < 1.29 is 33.3 Å². The summed E-state index contributed by atoms with van der Waals surface area (Å²) in [5.74, 6) is -4.35. The summed E-state index contributed by atoms with van der Waals surface area (Å²) < 4.78 is 34.3. The van der Waals surface area contributed by atoms with E-state index < -0.39 is 35.4 Å². The van der Waals surface area contributed by atoms with Crippen molar-refractivity contribution in [2.45, 2.75) is 18.9 Å². The molecule has 0 spiro atoms. The number of thioether (sulfide) groups is 1. The number of nitrogens with one attached hydrogen (secondary N) is 1. The number of amides is 2. The van der Waals surface area contributed by atoms with Crippen LogP contribution in [-0.4, -0.2) is 65.4 Å². The zero-order valence-corrected chi connectivity index (χ0v) is 15.3. The van der Waals surface area contributed by atoms with Crippen molar-refractivity contribution >= 4 is 35.1 Å². The van der Waals surface area contributed by atoms with E-state index in [9.17, 15) is 28.6 Å². The summed E-state index contributed by atoms with van der Waals surface area (Å²) in [5, 5.41) is 22.5. The minimum atomic E-state index is -2.37. The van der Waals surface area contributed by atoms with Gasteiger partial charge in [-0.05, 0) is 0 Å². The van der Waals surface area contributed by atoms with Gasteiger partial charge in [-0.25, -0.2) is 13.6 Å². The molecule has 0 unspecified atom stereocenters. The Morgan fingerprint density at radius 1 is 1.41 bits per heavy atom. The second-order valence-corrected chi connectivity index (χ2v) is 7.40. The predicted molar refractivity (Wildman–Crippen MR) is 94.5 cm³/mol. The molecule has 2 heterocycles. The largest absolute Gasteiger partial charge is 0.442 e. The molecule has 2 fully saturated rings. The Labute approximate surface area is 158 Å². The van der Waals surface area contributed by atoms with Crippen molar-refractivity contribution in [1.82, 2.24) is 5.32 Å². The van der Waals surface area contributed by atoms with E-state index in [-0.39, 0.29) is 37.0 Å². The average Bonchev–Trinajstić information content (AvgIpc) is 2.94. The van der Waals surface area contributed by atoms with Crippen LogP contribution in [0.15, 0.2) is 12.1 Å². The highest BCUT2D eigenvalue weighted by Crippen LogP contribution is 2.35. The van der Waals surface area contributed by atoms with Crippen molar-refractivity contribution in [2.75, 3.05) is 40.9 Å². The predicted octanol–water partition coefficient (Wildman–Crippen LogP) is 0.618. The number of ether oxygens (including phenoxy) is 1. The summed E-state index contributed by atoms with van der Waals surface area (Å²) in [7, 11) is 0. The number of hydrogen-bond donors (Lipinski definition) is 3. The van der Waals surface area contributed by atoms with Crippen LogP contribution in [-0.2, 0) is 9.53 Å². The normalized spacial score (nSPS) is 22.0. The molecule has 2 aliphatic rings. The maximum Gasteiger partial charge on any atom is 0.414 e. The highest BCUT2D eigenvalue weighted by Gasteiger charge is 2.39. The van der Waals surface area contributed by atoms with E-state index in [0.29, 0.717) is 5.75 Å². The van der Waals surface area contributed by atoms with E-state index in [2.05, 4.69) is 5.32 Å². The van der Waals surface area contributed by atoms with Crippen LogP contribution >= 0.6 is 11.8 Å². The van der Waals surface area contributed by atoms with Gasteiger partial charge in [-0.2, -0.15) is 11.8 Å². The summed E-state index contributed by atoms with van der Waals surface area (Å²) in [5.41, 5.74) is -0.622. The van der Waals surface area contributed by atoms with Gasteiger partial charge < -0.3 is 25.2 Å². The van der Waals surface area contributed by atoms with Crippen molar-refractivity contribution in [3.05, 3.63) is 23.8 Å². The lowest BCUT2D eigenvalue weighted by Gasteiger charge is -2.40. The first-order chi connectivity index (χ1) is 12.7. The first kappa shape index (κ1) is 19.6. The molecule has 11 heteroatoms. The fraction of sp³-hybridized carbons (Fsp3) is 0.500. The van der Waals surface area contributed by atoms with Crippen LogP contribution in [0, 0.1) is 11.6 Å². The molecular weight excluding hydrogens is 384 g/mol. The fourth-order valence-corrected chi connectivity index (χ4v) is 3.86. The number of carbonyl (C=O) groups excluding carboxylic acids is 2. The number of carbonyl (C=O) groups is 2.